The minimum Gasteiger partial charge on any atom is -0.0648 e. The summed E-state index contributed by atoms with van der Waals surface area (Å²) < 4.78 is 0. The van der Waals surface area contributed by atoms with Crippen molar-refractivity contribution >= 4 is 0 Å². The van der Waals surface area contributed by atoms with Crippen LogP contribution < -0.4 is 0 Å². The molecule has 0 nitrogen and oxygen atoms in total. The maximum atomic E-state index is 2.68. The van der Waals surface area contributed by atoms with Gasteiger partial charge >= 0.3 is 0 Å². The van der Waals surface area contributed by atoms with Crippen LogP contribution in [0.1, 0.15) is 85.5 Å². The van der Waals surface area contributed by atoms with Gasteiger partial charge in [0.05, 0.1) is 0 Å². The molecule has 0 heteroatoms. The highest BCUT2D eigenvalue weighted by Crippen LogP contribution is 2.69. The van der Waals surface area contributed by atoms with Gasteiger partial charge in [-0.3, -0.25) is 0 Å². The normalized spacial score (nSPS) is 50.7. The molecular formula is C18H32. The number of hydrogen-bond donors (Lipinski definition) is 0. The van der Waals surface area contributed by atoms with E-state index in [9.17, 15) is 0 Å². The Morgan fingerprint density at radius 1 is 0.833 bits per heavy atom. The lowest BCUT2D eigenvalue weighted by Crippen LogP contribution is -2.53. The van der Waals surface area contributed by atoms with E-state index in [4.69, 9.17) is 0 Å². The summed E-state index contributed by atoms with van der Waals surface area (Å²) in [6.07, 6.45) is 13.6. The van der Waals surface area contributed by atoms with E-state index in [1.165, 1.54) is 57.8 Å². The van der Waals surface area contributed by atoms with Gasteiger partial charge in [-0.15, -0.1) is 0 Å². The van der Waals surface area contributed by atoms with Crippen molar-refractivity contribution in [1.82, 2.24) is 0 Å². The summed E-state index contributed by atoms with van der Waals surface area (Å²) in [6.45, 7) is 10.3. The van der Waals surface area contributed by atoms with E-state index < -0.39 is 0 Å². The molecule has 0 bridgehead atoms. The van der Waals surface area contributed by atoms with Crippen LogP contribution in [0.3, 0.4) is 0 Å². The first kappa shape index (κ1) is 13.0. The second-order valence-electron chi connectivity index (χ2n) is 8.60. The monoisotopic (exact) mass is 248 g/mol. The fourth-order valence-electron chi connectivity index (χ4n) is 6.80. The smallest absolute Gasteiger partial charge is 0.0259 e. The van der Waals surface area contributed by atoms with Crippen LogP contribution >= 0.6 is 0 Å². The van der Waals surface area contributed by atoms with Gasteiger partial charge in [0.2, 0.25) is 0 Å². The van der Waals surface area contributed by atoms with E-state index in [0.717, 1.165) is 17.3 Å². The van der Waals surface area contributed by atoms with Crippen LogP contribution in [0.5, 0.6) is 0 Å². The molecule has 0 unspecified atom stereocenters. The molecule has 18 heavy (non-hydrogen) atoms. The van der Waals surface area contributed by atoms with Crippen LogP contribution in [0.4, 0.5) is 0 Å². The molecule has 0 aromatic carbocycles. The van der Waals surface area contributed by atoms with Crippen LogP contribution in [-0.2, 0) is 0 Å². The van der Waals surface area contributed by atoms with Gasteiger partial charge in [-0.1, -0.05) is 47.0 Å². The summed E-state index contributed by atoms with van der Waals surface area (Å²) >= 11 is 0. The van der Waals surface area contributed by atoms with Gasteiger partial charge in [-0.2, -0.15) is 0 Å². The van der Waals surface area contributed by atoms with Crippen molar-refractivity contribution in [3.63, 3.8) is 0 Å². The highest BCUT2D eigenvalue weighted by molar-refractivity contribution is 5.09. The van der Waals surface area contributed by atoms with Crippen molar-refractivity contribution in [1.29, 1.82) is 0 Å². The first-order valence-corrected chi connectivity index (χ1v) is 8.45. The third-order valence-corrected chi connectivity index (χ3v) is 7.61. The average Bonchev–Trinajstić information content (AvgIpc) is 2.73. The summed E-state index contributed by atoms with van der Waals surface area (Å²) in [6, 6.07) is 0. The van der Waals surface area contributed by atoms with Gasteiger partial charge in [-0.05, 0) is 66.6 Å². The molecule has 3 aliphatic rings. The molecule has 4 atom stereocenters. The quantitative estimate of drug-likeness (QED) is 0.549. The third kappa shape index (κ3) is 1.56. The number of fused-ring (bicyclic) bond motifs is 3. The van der Waals surface area contributed by atoms with E-state index in [0.29, 0.717) is 10.8 Å². The minimum absolute atomic E-state index is 0.607. The molecule has 3 fully saturated rings. The van der Waals surface area contributed by atoms with E-state index in [2.05, 4.69) is 27.7 Å². The van der Waals surface area contributed by atoms with Crippen molar-refractivity contribution in [2.45, 2.75) is 85.5 Å². The third-order valence-electron chi connectivity index (χ3n) is 7.61. The molecule has 3 saturated carbocycles. The largest absolute Gasteiger partial charge is 0.0648 e. The Hall–Kier alpha value is 0. The Bertz CT molecular complexity index is 329. The molecule has 104 valence electrons. The Morgan fingerprint density at radius 2 is 1.61 bits per heavy atom. The van der Waals surface area contributed by atoms with Crippen molar-refractivity contribution in [2.75, 3.05) is 0 Å². The molecule has 0 heterocycles. The first-order chi connectivity index (χ1) is 8.45. The van der Waals surface area contributed by atoms with E-state index in [-0.39, 0.29) is 0 Å². The average molecular weight is 248 g/mol. The van der Waals surface area contributed by atoms with Crippen molar-refractivity contribution in [3.05, 3.63) is 0 Å². The molecule has 0 amide bonds. The highest BCUT2D eigenvalue weighted by atomic mass is 14.6. The first-order valence-electron chi connectivity index (χ1n) is 8.45. The molecule has 0 saturated heterocycles. The van der Waals surface area contributed by atoms with Crippen LogP contribution in [0.2, 0.25) is 0 Å². The summed E-state index contributed by atoms with van der Waals surface area (Å²) in [5.41, 5.74) is 2.03. The molecule has 0 radical (unpaired) electrons. The molecule has 0 N–H and O–H groups in total. The molecular weight excluding hydrogens is 216 g/mol. The predicted molar refractivity (Wildman–Crippen MR) is 78.5 cm³/mol. The van der Waals surface area contributed by atoms with Gasteiger partial charge in [0.25, 0.3) is 0 Å². The molecule has 3 aliphatic carbocycles. The summed E-state index contributed by atoms with van der Waals surface area (Å²) in [7, 11) is 0. The fourth-order valence-corrected chi connectivity index (χ4v) is 6.80. The van der Waals surface area contributed by atoms with E-state index in [1.54, 1.807) is 0 Å². The van der Waals surface area contributed by atoms with Crippen LogP contribution in [-0.4, -0.2) is 0 Å². The fraction of sp³-hybridized carbons (Fsp3) is 1.00. The van der Waals surface area contributed by atoms with Gasteiger partial charge in [-0.25, -0.2) is 0 Å². The van der Waals surface area contributed by atoms with Crippen LogP contribution in [0, 0.1) is 28.1 Å². The standard InChI is InChI=1S/C18H32/c1-5-18-12-6-8-15(18)17(4)11-7-10-16(2,3)14(17)9-13-18/h14-15H,5-13H2,1-4H3/t14-,15-,17+,18+/m0/s1. The van der Waals surface area contributed by atoms with Crippen LogP contribution in [0.25, 0.3) is 0 Å². The van der Waals surface area contributed by atoms with Gasteiger partial charge in [0, 0.05) is 0 Å². The molecule has 0 spiro atoms. The highest BCUT2D eigenvalue weighted by Gasteiger charge is 2.60. The van der Waals surface area contributed by atoms with Crippen molar-refractivity contribution in [3.8, 4) is 0 Å². The van der Waals surface area contributed by atoms with Crippen molar-refractivity contribution < 1.29 is 0 Å². The lowest BCUT2D eigenvalue weighted by Gasteiger charge is -2.61. The molecule has 0 aliphatic heterocycles. The van der Waals surface area contributed by atoms with Gasteiger partial charge in [0.15, 0.2) is 0 Å². The lowest BCUT2D eigenvalue weighted by molar-refractivity contribution is -0.122. The SMILES string of the molecule is CC[C@]12CCC[C@H]1[C@]1(C)CCCC(C)(C)[C@@H]1CC2. The Morgan fingerprint density at radius 3 is 2.33 bits per heavy atom. The lowest BCUT2D eigenvalue weighted by atomic mass is 9.43. The Labute approximate surface area is 114 Å². The number of rotatable bonds is 1. The summed E-state index contributed by atoms with van der Waals surface area (Å²) in [5, 5.41) is 0. The topological polar surface area (TPSA) is 0 Å². The van der Waals surface area contributed by atoms with Crippen LogP contribution in [0.15, 0.2) is 0 Å². The molecule has 3 rings (SSSR count). The minimum atomic E-state index is 0.607. The second-order valence-corrected chi connectivity index (χ2v) is 8.60. The Balaban J connectivity index is 1.98. The maximum absolute atomic E-state index is 2.68. The maximum Gasteiger partial charge on any atom is -0.0259 e. The molecule has 0 aromatic heterocycles. The molecule has 0 aromatic rings. The van der Waals surface area contributed by atoms with Crippen molar-refractivity contribution in [2.24, 2.45) is 28.1 Å². The zero-order chi connectivity index (χ0) is 13.0. The zero-order valence-corrected chi connectivity index (χ0v) is 13.0. The summed E-state index contributed by atoms with van der Waals surface area (Å²) in [5.74, 6) is 2.05. The van der Waals surface area contributed by atoms with E-state index >= 15 is 0 Å². The summed E-state index contributed by atoms with van der Waals surface area (Å²) in [4.78, 5) is 0. The Kier molecular flexibility index (Phi) is 2.89. The van der Waals surface area contributed by atoms with Gasteiger partial charge < -0.3 is 0 Å². The second kappa shape index (κ2) is 4.00. The van der Waals surface area contributed by atoms with E-state index in [1.807, 2.05) is 0 Å². The van der Waals surface area contributed by atoms with Gasteiger partial charge in [0.1, 0.15) is 0 Å². The predicted octanol–water partition coefficient (Wildman–Crippen LogP) is 5.81. The zero-order valence-electron chi connectivity index (χ0n) is 13.0. The number of hydrogen-bond acceptors (Lipinski definition) is 0.